The minimum atomic E-state index is 0.0812. The SMILES string of the molecule is CCNc1nc(NCC)n2c(SCC(=O)N3CCN(c4ccc(Cl)cc4)CC3)nnc2n1. The number of fused-ring (bicyclic) bond motifs is 1. The van der Waals surface area contributed by atoms with E-state index in [9.17, 15) is 4.79 Å². The maximum Gasteiger partial charge on any atom is 0.261 e. The number of carbonyl (C=O) groups excluding carboxylic acids is 1. The number of hydrogen-bond donors (Lipinski definition) is 2. The van der Waals surface area contributed by atoms with Crippen molar-refractivity contribution >= 4 is 52.6 Å². The van der Waals surface area contributed by atoms with Crippen molar-refractivity contribution in [2.45, 2.75) is 19.0 Å². The molecule has 0 aliphatic carbocycles. The van der Waals surface area contributed by atoms with Gasteiger partial charge < -0.3 is 20.4 Å². The Labute approximate surface area is 195 Å². The van der Waals surface area contributed by atoms with Gasteiger partial charge in [0, 0.05) is 50.0 Å². The molecule has 0 spiro atoms. The fraction of sp³-hybridized carbons (Fsp3) is 0.450. The number of amides is 1. The lowest BCUT2D eigenvalue weighted by molar-refractivity contribution is -0.128. The van der Waals surface area contributed by atoms with Crippen molar-refractivity contribution in [3.8, 4) is 0 Å². The molecule has 170 valence electrons. The standard InChI is InChI=1S/C20H26ClN9OS/c1-3-22-17-24-18(23-4-2)30-19(25-17)26-27-20(30)32-13-16(31)29-11-9-28(10-12-29)15-7-5-14(21)6-8-15/h5-8H,3-4,9-13H2,1-2H3,(H2,22,23,24,25,26). The van der Waals surface area contributed by atoms with Crippen LogP contribution in [0.15, 0.2) is 29.4 Å². The number of thioether (sulfide) groups is 1. The van der Waals surface area contributed by atoms with Crippen molar-refractivity contribution in [3.05, 3.63) is 29.3 Å². The largest absolute Gasteiger partial charge is 0.368 e. The maximum absolute atomic E-state index is 12.8. The van der Waals surface area contributed by atoms with E-state index in [4.69, 9.17) is 11.6 Å². The van der Waals surface area contributed by atoms with Crippen LogP contribution in [0.4, 0.5) is 17.6 Å². The summed E-state index contributed by atoms with van der Waals surface area (Å²) in [6, 6.07) is 7.80. The number of anilines is 3. The number of nitrogens with zero attached hydrogens (tertiary/aromatic N) is 7. The Morgan fingerprint density at radius 1 is 1.03 bits per heavy atom. The normalized spacial score (nSPS) is 14.1. The molecule has 2 aromatic heterocycles. The molecule has 0 saturated carbocycles. The van der Waals surface area contributed by atoms with E-state index in [1.54, 1.807) is 4.40 Å². The molecule has 2 N–H and O–H groups in total. The van der Waals surface area contributed by atoms with Crippen LogP contribution in [0.5, 0.6) is 0 Å². The second-order valence-corrected chi connectivity index (χ2v) is 8.56. The summed E-state index contributed by atoms with van der Waals surface area (Å²) in [6.45, 7) is 8.31. The number of halogens is 1. The van der Waals surface area contributed by atoms with Gasteiger partial charge in [-0.05, 0) is 38.1 Å². The first-order valence-electron chi connectivity index (χ1n) is 10.6. The van der Waals surface area contributed by atoms with Gasteiger partial charge in [0.05, 0.1) is 5.75 Å². The van der Waals surface area contributed by atoms with Gasteiger partial charge in [-0.25, -0.2) is 4.40 Å². The van der Waals surface area contributed by atoms with Gasteiger partial charge in [-0.2, -0.15) is 9.97 Å². The molecule has 1 aliphatic heterocycles. The average Bonchev–Trinajstić information content (AvgIpc) is 3.22. The van der Waals surface area contributed by atoms with E-state index in [0.717, 1.165) is 23.8 Å². The molecule has 0 atom stereocenters. The number of hydrogen-bond acceptors (Lipinski definition) is 9. The molecule has 3 aromatic rings. The van der Waals surface area contributed by atoms with Gasteiger partial charge in [0.15, 0.2) is 5.16 Å². The van der Waals surface area contributed by atoms with E-state index >= 15 is 0 Å². The lowest BCUT2D eigenvalue weighted by Gasteiger charge is -2.36. The van der Waals surface area contributed by atoms with E-state index in [0.29, 0.717) is 49.0 Å². The van der Waals surface area contributed by atoms with Crippen molar-refractivity contribution in [1.82, 2.24) is 29.5 Å². The molecule has 10 nitrogen and oxygen atoms in total. The number of piperazine rings is 1. The molecule has 1 amide bonds. The van der Waals surface area contributed by atoms with Crippen molar-refractivity contribution in [3.63, 3.8) is 0 Å². The summed E-state index contributed by atoms with van der Waals surface area (Å²) >= 11 is 7.32. The Morgan fingerprint density at radius 2 is 1.75 bits per heavy atom. The van der Waals surface area contributed by atoms with Crippen molar-refractivity contribution in [1.29, 1.82) is 0 Å². The second kappa shape index (κ2) is 10.2. The summed E-state index contributed by atoms with van der Waals surface area (Å²) in [5.41, 5.74) is 1.12. The zero-order valence-corrected chi connectivity index (χ0v) is 19.7. The van der Waals surface area contributed by atoms with Crippen LogP contribution in [0.3, 0.4) is 0 Å². The van der Waals surface area contributed by atoms with Crippen LogP contribution in [0.25, 0.3) is 5.78 Å². The zero-order chi connectivity index (χ0) is 22.5. The van der Waals surface area contributed by atoms with Crippen molar-refractivity contribution < 1.29 is 4.79 Å². The predicted molar refractivity (Wildman–Crippen MR) is 128 cm³/mol. The van der Waals surface area contributed by atoms with Crippen LogP contribution < -0.4 is 15.5 Å². The smallest absolute Gasteiger partial charge is 0.261 e. The van der Waals surface area contributed by atoms with Crippen LogP contribution in [-0.4, -0.2) is 80.4 Å². The Balaban J connectivity index is 1.38. The highest BCUT2D eigenvalue weighted by atomic mass is 35.5. The second-order valence-electron chi connectivity index (χ2n) is 7.18. The molecule has 4 rings (SSSR count). The highest BCUT2D eigenvalue weighted by Gasteiger charge is 2.23. The maximum atomic E-state index is 12.8. The van der Waals surface area contributed by atoms with Gasteiger partial charge in [-0.1, -0.05) is 23.4 Å². The number of rotatable bonds is 8. The summed E-state index contributed by atoms with van der Waals surface area (Å²) in [5.74, 6) is 1.90. The third-order valence-corrected chi connectivity index (χ3v) is 6.23. The monoisotopic (exact) mass is 475 g/mol. The van der Waals surface area contributed by atoms with E-state index in [2.05, 4.69) is 35.7 Å². The quantitative estimate of drug-likeness (QED) is 0.475. The van der Waals surface area contributed by atoms with Gasteiger partial charge in [-0.15, -0.1) is 10.2 Å². The van der Waals surface area contributed by atoms with Crippen LogP contribution in [0, 0.1) is 0 Å². The molecule has 1 fully saturated rings. The van der Waals surface area contributed by atoms with Crippen molar-refractivity contribution in [2.75, 3.05) is 60.6 Å². The molecule has 1 aromatic carbocycles. The van der Waals surface area contributed by atoms with E-state index < -0.39 is 0 Å². The topological polar surface area (TPSA) is 104 Å². The summed E-state index contributed by atoms with van der Waals surface area (Å²) in [7, 11) is 0. The summed E-state index contributed by atoms with van der Waals surface area (Å²) < 4.78 is 1.75. The van der Waals surface area contributed by atoms with Gasteiger partial charge in [-0.3, -0.25) is 4.79 Å². The third kappa shape index (κ3) is 4.99. The fourth-order valence-corrected chi connectivity index (χ4v) is 4.44. The molecule has 32 heavy (non-hydrogen) atoms. The van der Waals surface area contributed by atoms with Gasteiger partial charge in [0.2, 0.25) is 17.8 Å². The van der Waals surface area contributed by atoms with Crippen LogP contribution in [-0.2, 0) is 4.79 Å². The minimum Gasteiger partial charge on any atom is -0.368 e. The number of aromatic nitrogens is 5. The molecule has 3 heterocycles. The lowest BCUT2D eigenvalue weighted by Crippen LogP contribution is -2.49. The molecule has 1 saturated heterocycles. The third-order valence-electron chi connectivity index (χ3n) is 5.06. The van der Waals surface area contributed by atoms with Gasteiger partial charge in [0.1, 0.15) is 0 Å². The summed E-state index contributed by atoms with van der Waals surface area (Å²) in [6.07, 6.45) is 0. The molecular formula is C20H26ClN9OS. The minimum absolute atomic E-state index is 0.0812. The molecular weight excluding hydrogens is 450 g/mol. The van der Waals surface area contributed by atoms with Crippen LogP contribution in [0.1, 0.15) is 13.8 Å². The molecule has 0 bridgehead atoms. The zero-order valence-electron chi connectivity index (χ0n) is 18.1. The fourth-order valence-electron chi connectivity index (χ4n) is 3.48. The summed E-state index contributed by atoms with van der Waals surface area (Å²) in [5, 5.41) is 16.0. The van der Waals surface area contributed by atoms with Gasteiger partial charge >= 0.3 is 0 Å². The predicted octanol–water partition coefficient (Wildman–Crippen LogP) is 2.48. The van der Waals surface area contributed by atoms with E-state index in [1.165, 1.54) is 11.8 Å². The van der Waals surface area contributed by atoms with E-state index in [-0.39, 0.29) is 11.7 Å². The van der Waals surface area contributed by atoms with Gasteiger partial charge in [0.25, 0.3) is 5.78 Å². The number of carbonyl (C=O) groups is 1. The Kier molecular flexibility index (Phi) is 7.15. The Hall–Kier alpha value is -2.79. The first-order chi connectivity index (χ1) is 15.6. The van der Waals surface area contributed by atoms with E-state index in [1.807, 2.05) is 43.0 Å². The highest BCUT2D eigenvalue weighted by molar-refractivity contribution is 7.99. The average molecular weight is 476 g/mol. The molecule has 0 unspecified atom stereocenters. The lowest BCUT2D eigenvalue weighted by atomic mass is 10.2. The number of benzene rings is 1. The highest BCUT2D eigenvalue weighted by Crippen LogP contribution is 2.23. The summed E-state index contributed by atoms with van der Waals surface area (Å²) in [4.78, 5) is 25.9. The molecule has 1 aliphatic rings. The van der Waals surface area contributed by atoms with Crippen LogP contribution in [0.2, 0.25) is 5.02 Å². The first kappa shape index (κ1) is 22.4. The molecule has 0 radical (unpaired) electrons. The number of nitrogens with one attached hydrogen (secondary N) is 2. The van der Waals surface area contributed by atoms with Crippen molar-refractivity contribution in [2.24, 2.45) is 0 Å². The molecule has 12 heteroatoms. The first-order valence-corrected chi connectivity index (χ1v) is 12.0. The Morgan fingerprint density at radius 3 is 2.44 bits per heavy atom. The Bertz CT molecular complexity index is 1070. The van der Waals surface area contributed by atoms with Crippen LogP contribution >= 0.6 is 23.4 Å².